The third-order valence-electron chi connectivity index (χ3n) is 5.68. The van der Waals surface area contributed by atoms with Crippen LogP contribution in [-0.2, 0) is 6.54 Å². The van der Waals surface area contributed by atoms with Gasteiger partial charge in [-0.1, -0.05) is 72.7 Å². The molecule has 0 amide bonds. The van der Waals surface area contributed by atoms with Gasteiger partial charge in [-0.3, -0.25) is 9.67 Å². The second-order valence-electron chi connectivity index (χ2n) is 8.26. The molecule has 0 fully saturated rings. The zero-order chi connectivity index (χ0) is 23.6. The fourth-order valence-corrected chi connectivity index (χ4v) is 3.89. The van der Waals surface area contributed by atoms with Crippen LogP contribution in [0.2, 0.25) is 0 Å². The van der Waals surface area contributed by atoms with E-state index < -0.39 is 0 Å². The third kappa shape index (κ3) is 6.30. The van der Waals surface area contributed by atoms with Crippen LogP contribution >= 0.6 is 0 Å². The number of hydrazine groups is 1. The fraction of sp³-hybridized carbons (Fsp3) is 0.222. The van der Waals surface area contributed by atoms with E-state index in [0.717, 1.165) is 66.7 Å². The molecule has 4 aromatic rings. The zero-order valence-corrected chi connectivity index (χ0v) is 19.3. The molecule has 0 unspecified atom stereocenters. The standard InChI is InChI=1S/C27H31N7/c28-26(25-15-7-6-14-24(25)22-11-4-3-5-12-22)20-33(29)17-8-1-2-9-18-34-21-27(31-32-34)23-13-10-16-30-19-23/h3-7,10-16,19-21H,1-2,8-9,17-18,28-29H2/b26-20-. The number of benzene rings is 2. The van der Waals surface area contributed by atoms with E-state index in [0.29, 0.717) is 5.70 Å². The highest BCUT2D eigenvalue weighted by Gasteiger charge is 2.08. The number of nitrogens with zero attached hydrogens (tertiary/aromatic N) is 5. The lowest BCUT2D eigenvalue weighted by Crippen LogP contribution is -2.27. The highest BCUT2D eigenvalue weighted by atomic mass is 15.4. The van der Waals surface area contributed by atoms with Gasteiger partial charge in [0.1, 0.15) is 5.69 Å². The second-order valence-corrected chi connectivity index (χ2v) is 8.26. The largest absolute Gasteiger partial charge is 0.397 e. The summed E-state index contributed by atoms with van der Waals surface area (Å²) in [5.41, 5.74) is 12.1. The van der Waals surface area contributed by atoms with Gasteiger partial charge in [-0.2, -0.15) is 0 Å². The van der Waals surface area contributed by atoms with Gasteiger partial charge in [-0.15, -0.1) is 5.10 Å². The molecule has 174 valence electrons. The summed E-state index contributed by atoms with van der Waals surface area (Å²) < 4.78 is 1.89. The summed E-state index contributed by atoms with van der Waals surface area (Å²) in [5.74, 6) is 6.21. The lowest BCUT2D eigenvalue weighted by Gasteiger charge is -2.16. The minimum Gasteiger partial charge on any atom is -0.397 e. The molecule has 0 aliphatic carbocycles. The van der Waals surface area contributed by atoms with Crippen molar-refractivity contribution < 1.29 is 0 Å². The molecule has 7 heteroatoms. The minimum absolute atomic E-state index is 0.664. The molecule has 0 radical (unpaired) electrons. The van der Waals surface area contributed by atoms with Gasteiger partial charge in [0.25, 0.3) is 0 Å². The Morgan fingerprint density at radius 2 is 1.65 bits per heavy atom. The summed E-state index contributed by atoms with van der Waals surface area (Å²) in [4.78, 5) is 4.13. The van der Waals surface area contributed by atoms with E-state index in [-0.39, 0.29) is 0 Å². The highest BCUT2D eigenvalue weighted by Crippen LogP contribution is 2.26. The van der Waals surface area contributed by atoms with Crippen molar-refractivity contribution in [1.82, 2.24) is 25.0 Å². The SMILES string of the molecule is N/C(=C\N(N)CCCCCCn1cc(-c2cccnc2)nn1)c1ccccc1-c1ccccc1. The molecule has 2 aromatic carbocycles. The molecule has 0 aliphatic rings. The Morgan fingerprint density at radius 1 is 0.882 bits per heavy atom. The maximum absolute atomic E-state index is 6.41. The zero-order valence-electron chi connectivity index (χ0n) is 19.3. The number of nitrogens with two attached hydrogens (primary N) is 2. The summed E-state index contributed by atoms with van der Waals surface area (Å²) in [5, 5.41) is 10.1. The summed E-state index contributed by atoms with van der Waals surface area (Å²) >= 11 is 0. The van der Waals surface area contributed by atoms with Crippen LogP contribution in [0.1, 0.15) is 31.2 Å². The van der Waals surface area contributed by atoms with Crippen LogP contribution in [0.3, 0.4) is 0 Å². The van der Waals surface area contributed by atoms with Gasteiger partial charge in [-0.05, 0) is 36.1 Å². The van der Waals surface area contributed by atoms with E-state index in [1.54, 1.807) is 17.4 Å². The molecule has 4 rings (SSSR count). The van der Waals surface area contributed by atoms with Crippen LogP contribution in [0.5, 0.6) is 0 Å². The van der Waals surface area contributed by atoms with Gasteiger partial charge in [0, 0.05) is 42.8 Å². The van der Waals surface area contributed by atoms with Crippen LogP contribution in [0.25, 0.3) is 28.1 Å². The van der Waals surface area contributed by atoms with Gasteiger partial charge in [-0.25, -0.2) is 5.84 Å². The van der Waals surface area contributed by atoms with E-state index >= 15 is 0 Å². The summed E-state index contributed by atoms with van der Waals surface area (Å²) in [6, 6.07) is 22.3. The molecular weight excluding hydrogens is 422 g/mol. The fourth-order valence-electron chi connectivity index (χ4n) is 3.89. The number of unbranched alkanes of at least 4 members (excludes halogenated alkanes) is 3. The molecule has 0 aliphatic heterocycles. The van der Waals surface area contributed by atoms with E-state index in [9.17, 15) is 0 Å². The van der Waals surface area contributed by atoms with Crippen molar-refractivity contribution in [2.24, 2.45) is 11.6 Å². The normalized spacial score (nSPS) is 11.5. The number of aromatic nitrogens is 4. The van der Waals surface area contributed by atoms with Crippen molar-refractivity contribution in [2.75, 3.05) is 6.54 Å². The highest BCUT2D eigenvalue weighted by molar-refractivity contribution is 5.79. The van der Waals surface area contributed by atoms with Crippen LogP contribution in [0.15, 0.2) is 91.5 Å². The second kappa shape index (κ2) is 11.8. The molecule has 4 N–H and O–H groups in total. The molecule has 0 bridgehead atoms. The predicted octanol–water partition coefficient (Wildman–Crippen LogP) is 4.70. The topological polar surface area (TPSA) is 98.9 Å². The third-order valence-corrected chi connectivity index (χ3v) is 5.68. The Kier molecular flexibility index (Phi) is 8.03. The number of pyridine rings is 1. The monoisotopic (exact) mass is 453 g/mol. The van der Waals surface area contributed by atoms with Crippen LogP contribution < -0.4 is 11.6 Å². The number of hydrogen-bond acceptors (Lipinski definition) is 6. The molecule has 0 saturated heterocycles. The van der Waals surface area contributed by atoms with E-state index in [2.05, 4.69) is 33.5 Å². The van der Waals surface area contributed by atoms with Crippen LogP contribution in [0, 0.1) is 0 Å². The Bertz CT molecular complexity index is 1190. The molecule has 2 heterocycles. The van der Waals surface area contributed by atoms with E-state index in [1.807, 2.05) is 65.6 Å². The van der Waals surface area contributed by atoms with Crippen molar-refractivity contribution in [1.29, 1.82) is 0 Å². The molecule has 7 nitrogen and oxygen atoms in total. The average molecular weight is 454 g/mol. The van der Waals surface area contributed by atoms with Gasteiger partial charge < -0.3 is 10.7 Å². The van der Waals surface area contributed by atoms with Crippen molar-refractivity contribution in [3.05, 3.63) is 97.1 Å². The first kappa shape index (κ1) is 23.2. The molecule has 34 heavy (non-hydrogen) atoms. The van der Waals surface area contributed by atoms with Crippen molar-refractivity contribution >= 4 is 5.70 Å². The summed E-state index contributed by atoms with van der Waals surface area (Å²) in [6.45, 7) is 1.60. The molecule has 0 saturated carbocycles. The first-order valence-corrected chi connectivity index (χ1v) is 11.6. The average Bonchev–Trinajstić information content (AvgIpc) is 3.36. The smallest absolute Gasteiger partial charge is 0.114 e. The Balaban J connectivity index is 1.21. The quantitative estimate of drug-likeness (QED) is 0.194. The number of rotatable bonds is 11. The van der Waals surface area contributed by atoms with E-state index in [1.165, 1.54) is 0 Å². The predicted molar refractivity (Wildman–Crippen MR) is 137 cm³/mol. The maximum atomic E-state index is 6.41. The number of hydrogen-bond donors (Lipinski definition) is 2. The minimum atomic E-state index is 0.664. The Labute approximate surface area is 200 Å². The van der Waals surface area contributed by atoms with Gasteiger partial charge >= 0.3 is 0 Å². The van der Waals surface area contributed by atoms with Crippen molar-refractivity contribution in [3.63, 3.8) is 0 Å². The molecule has 0 atom stereocenters. The Hall–Kier alpha value is -3.97. The van der Waals surface area contributed by atoms with Gasteiger partial charge in [0.05, 0.1) is 11.9 Å². The molecule has 0 spiro atoms. The first-order valence-electron chi connectivity index (χ1n) is 11.6. The van der Waals surface area contributed by atoms with Crippen LogP contribution in [-0.4, -0.2) is 31.5 Å². The molecular formula is C27H31N7. The van der Waals surface area contributed by atoms with Gasteiger partial charge in [0.15, 0.2) is 0 Å². The first-order chi connectivity index (χ1) is 16.7. The van der Waals surface area contributed by atoms with E-state index in [4.69, 9.17) is 11.6 Å². The van der Waals surface area contributed by atoms with Gasteiger partial charge in [0.2, 0.25) is 0 Å². The van der Waals surface area contributed by atoms with Crippen molar-refractivity contribution in [2.45, 2.75) is 32.2 Å². The lowest BCUT2D eigenvalue weighted by molar-refractivity contribution is 0.375. The maximum Gasteiger partial charge on any atom is 0.114 e. The summed E-state index contributed by atoms with van der Waals surface area (Å²) in [7, 11) is 0. The molecule has 2 aromatic heterocycles. The Morgan fingerprint density at radius 3 is 2.47 bits per heavy atom. The van der Waals surface area contributed by atoms with Crippen LogP contribution in [0.4, 0.5) is 0 Å². The lowest BCUT2D eigenvalue weighted by atomic mass is 9.98. The summed E-state index contributed by atoms with van der Waals surface area (Å²) in [6.07, 6.45) is 11.6. The van der Waals surface area contributed by atoms with Crippen molar-refractivity contribution in [3.8, 4) is 22.4 Å². The number of aryl methyl sites for hydroxylation is 1.